The average molecular weight is 523 g/mol. The standard InChI is InChI=1S/C28H30N2O6S/c1-18-27(37-17-29-18)20-10-7-19(8-11-20)9-12-25(32)24-15-22(31)16-30(24)28(35)21-4-2-5-23(14-21)36-13-3-6-26(33)34/h2,4-5,7-8,10-11,14,17,22,24,31H,3,6,9,12-13,15-16H2,1H3,(H,33,34)/t22-,24+/m1/s1. The molecule has 0 aliphatic carbocycles. The minimum atomic E-state index is -0.890. The molecule has 1 saturated heterocycles. The summed E-state index contributed by atoms with van der Waals surface area (Å²) in [6.07, 6.45) is 0.650. The van der Waals surface area contributed by atoms with Crippen molar-refractivity contribution in [3.05, 3.63) is 70.9 Å². The Morgan fingerprint density at radius 3 is 2.62 bits per heavy atom. The fourth-order valence-corrected chi connectivity index (χ4v) is 5.29. The molecule has 2 aromatic carbocycles. The molecule has 0 unspecified atom stereocenters. The van der Waals surface area contributed by atoms with Crippen LogP contribution in [-0.2, 0) is 16.0 Å². The first-order valence-corrected chi connectivity index (χ1v) is 13.2. The number of amides is 1. The molecule has 0 bridgehead atoms. The van der Waals surface area contributed by atoms with Gasteiger partial charge in [-0.15, -0.1) is 11.3 Å². The summed E-state index contributed by atoms with van der Waals surface area (Å²) < 4.78 is 5.58. The number of aliphatic hydroxyl groups is 1. The van der Waals surface area contributed by atoms with Gasteiger partial charge in [-0.25, -0.2) is 4.98 Å². The number of hydrogen-bond donors (Lipinski definition) is 2. The number of carboxylic acids is 1. The Kier molecular flexibility index (Phi) is 8.68. The molecule has 2 heterocycles. The molecule has 1 aliphatic rings. The lowest BCUT2D eigenvalue weighted by Crippen LogP contribution is -2.40. The van der Waals surface area contributed by atoms with Gasteiger partial charge in [0, 0.05) is 31.4 Å². The molecule has 4 rings (SSSR count). The summed E-state index contributed by atoms with van der Waals surface area (Å²) in [6.45, 7) is 2.30. The number of β-amino-alcohol motifs (C(OH)–C–C–N with tert-alkyl or cyclic N) is 1. The van der Waals surface area contributed by atoms with E-state index in [9.17, 15) is 19.5 Å². The van der Waals surface area contributed by atoms with Crippen LogP contribution in [0.1, 0.15) is 47.3 Å². The predicted octanol–water partition coefficient (Wildman–Crippen LogP) is 4.14. The van der Waals surface area contributed by atoms with Crippen molar-refractivity contribution < 1.29 is 29.3 Å². The Morgan fingerprint density at radius 2 is 1.92 bits per heavy atom. The molecule has 9 heteroatoms. The number of carboxylic acid groups (broad SMARTS) is 1. The highest BCUT2D eigenvalue weighted by Gasteiger charge is 2.38. The van der Waals surface area contributed by atoms with Crippen molar-refractivity contribution >= 4 is 29.0 Å². The summed E-state index contributed by atoms with van der Waals surface area (Å²) in [5, 5.41) is 19.0. The highest BCUT2D eigenvalue weighted by molar-refractivity contribution is 7.13. The largest absolute Gasteiger partial charge is 0.494 e. The van der Waals surface area contributed by atoms with Crippen molar-refractivity contribution in [2.24, 2.45) is 0 Å². The lowest BCUT2D eigenvalue weighted by Gasteiger charge is -2.24. The summed E-state index contributed by atoms with van der Waals surface area (Å²) in [4.78, 5) is 43.9. The van der Waals surface area contributed by atoms with Crippen LogP contribution in [-0.4, -0.2) is 63.1 Å². The summed E-state index contributed by atoms with van der Waals surface area (Å²) in [5.74, 6) is -0.849. The van der Waals surface area contributed by atoms with Crippen molar-refractivity contribution in [2.45, 2.75) is 51.2 Å². The number of likely N-dealkylation sites (tertiary alicyclic amines) is 1. The molecule has 194 valence electrons. The van der Waals surface area contributed by atoms with Crippen LogP contribution >= 0.6 is 11.3 Å². The maximum atomic E-state index is 13.3. The summed E-state index contributed by atoms with van der Waals surface area (Å²) >= 11 is 1.60. The van der Waals surface area contributed by atoms with Crippen LogP contribution in [0.4, 0.5) is 0 Å². The Morgan fingerprint density at radius 1 is 1.14 bits per heavy atom. The van der Waals surface area contributed by atoms with E-state index >= 15 is 0 Å². The Balaban J connectivity index is 1.36. The van der Waals surface area contributed by atoms with Crippen LogP contribution in [0.25, 0.3) is 10.4 Å². The van der Waals surface area contributed by atoms with E-state index in [1.807, 2.05) is 36.7 Å². The smallest absolute Gasteiger partial charge is 0.303 e. The molecule has 3 aromatic rings. The number of aliphatic carboxylic acids is 1. The van der Waals surface area contributed by atoms with E-state index in [1.54, 1.807) is 35.6 Å². The van der Waals surface area contributed by atoms with Gasteiger partial charge in [0.15, 0.2) is 5.78 Å². The second-order valence-corrected chi connectivity index (χ2v) is 10.0. The number of rotatable bonds is 11. The summed E-state index contributed by atoms with van der Waals surface area (Å²) in [5.41, 5.74) is 5.30. The zero-order valence-corrected chi connectivity index (χ0v) is 21.4. The molecule has 37 heavy (non-hydrogen) atoms. The molecule has 1 aromatic heterocycles. The third-order valence-corrected chi connectivity index (χ3v) is 7.40. The fourth-order valence-electron chi connectivity index (χ4n) is 4.48. The van der Waals surface area contributed by atoms with Gasteiger partial charge in [-0.1, -0.05) is 30.3 Å². The quantitative estimate of drug-likeness (QED) is 0.364. The van der Waals surface area contributed by atoms with Crippen LogP contribution in [0.2, 0.25) is 0 Å². The Labute approximate surface area is 219 Å². The molecule has 0 spiro atoms. The van der Waals surface area contributed by atoms with Gasteiger partial charge in [0.1, 0.15) is 5.75 Å². The first-order valence-electron chi connectivity index (χ1n) is 12.3. The van der Waals surface area contributed by atoms with Crippen molar-refractivity contribution in [2.75, 3.05) is 13.2 Å². The number of Topliss-reactive ketones (excluding diaryl/α,β-unsaturated/α-hetero) is 1. The normalized spacial score (nSPS) is 17.1. The van der Waals surface area contributed by atoms with Crippen LogP contribution in [0.5, 0.6) is 5.75 Å². The van der Waals surface area contributed by atoms with E-state index < -0.39 is 18.1 Å². The average Bonchev–Trinajstić information content (AvgIpc) is 3.50. The molecule has 1 aliphatic heterocycles. The molecule has 1 fully saturated rings. The number of aliphatic hydroxyl groups excluding tert-OH is 1. The zero-order chi connectivity index (χ0) is 26.4. The van der Waals surface area contributed by atoms with E-state index in [1.165, 1.54) is 4.90 Å². The molecule has 0 radical (unpaired) electrons. The van der Waals surface area contributed by atoms with E-state index in [2.05, 4.69) is 4.98 Å². The number of carbonyl (C=O) groups is 3. The molecular weight excluding hydrogens is 492 g/mol. The van der Waals surface area contributed by atoms with Crippen molar-refractivity contribution in [1.82, 2.24) is 9.88 Å². The number of benzene rings is 2. The first kappa shape index (κ1) is 26.5. The monoisotopic (exact) mass is 522 g/mol. The molecule has 8 nitrogen and oxygen atoms in total. The number of thiazole rings is 1. The fraction of sp³-hybridized carbons (Fsp3) is 0.357. The van der Waals surface area contributed by atoms with Crippen molar-refractivity contribution in [3.8, 4) is 16.2 Å². The minimum Gasteiger partial charge on any atom is -0.494 e. The van der Waals surface area contributed by atoms with Crippen molar-refractivity contribution in [3.63, 3.8) is 0 Å². The number of nitrogens with zero attached hydrogens (tertiary/aromatic N) is 2. The van der Waals surface area contributed by atoms with Crippen molar-refractivity contribution in [1.29, 1.82) is 0 Å². The van der Waals surface area contributed by atoms with Gasteiger partial charge >= 0.3 is 5.97 Å². The molecular formula is C28H30N2O6S. The lowest BCUT2D eigenvalue weighted by molar-refractivity contribution is -0.137. The number of ketones is 1. The maximum absolute atomic E-state index is 13.3. The van der Waals surface area contributed by atoms with Gasteiger partial charge in [0.2, 0.25) is 0 Å². The highest BCUT2D eigenvalue weighted by atomic mass is 32.1. The van der Waals surface area contributed by atoms with Gasteiger partial charge in [0.25, 0.3) is 5.91 Å². The minimum absolute atomic E-state index is 0.00398. The van der Waals surface area contributed by atoms with Gasteiger partial charge in [0.05, 0.1) is 34.8 Å². The second kappa shape index (κ2) is 12.1. The van der Waals surface area contributed by atoms with E-state index in [4.69, 9.17) is 9.84 Å². The Hall–Kier alpha value is -3.56. The molecule has 2 atom stereocenters. The maximum Gasteiger partial charge on any atom is 0.303 e. The number of ether oxygens (including phenoxy) is 1. The second-order valence-electron chi connectivity index (χ2n) is 9.17. The summed E-state index contributed by atoms with van der Waals surface area (Å²) in [6, 6.07) is 14.0. The van der Waals surface area contributed by atoms with Gasteiger partial charge < -0.3 is 19.8 Å². The third kappa shape index (κ3) is 6.81. The van der Waals surface area contributed by atoms with Crippen LogP contribution in [0, 0.1) is 6.92 Å². The van der Waals surface area contributed by atoms with Crippen LogP contribution in [0.3, 0.4) is 0 Å². The topological polar surface area (TPSA) is 117 Å². The number of aryl methyl sites for hydroxylation is 2. The van der Waals surface area contributed by atoms with Gasteiger partial charge in [-0.3, -0.25) is 14.4 Å². The van der Waals surface area contributed by atoms with E-state index in [0.717, 1.165) is 21.7 Å². The van der Waals surface area contributed by atoms with Gasteiger partial charge in [-0.05, 0) is 49.1 Å². The summed E-state index contributed by atoms with van der Waals surface area (Å²) in [7, 11) is 0. The Bertz CT molecular complexity index is 1260. The molecule has 1 amide bonds. The van der Waals surface area contributed by atoms with E-state index in [-0.39, 0.29) is 44.1 Å². The predicted molar refractivity (Wildman–Crippen MR) is 140 cm³/mol. The number of hydrogen-bond acceptors (Lipinski definition) is 7. The number of carbonyl (C=O) groups excluding carboxylic acids is 2. The van der Waals surface area contributed by atoms with E-state index in [0.29, 0.717) is 24.2 Å². The number of aromatic nitrogens is 1. The molecule has 0 saturated carbocycles. The third-order valence-electron chi connectivity index (χ3n) is 6.42. The SMILES string of the molecule is Cc1ncsc1-c1ccc(CCC(=O)[C@@H]2C[C@@H](O)CN2C(=O)c2cccc(OCCCC(=O)O)c2)cc1. The molecule has 2 N–H and O–H groups in total. The van der Waals surface area contributed by atoms with Crippen LogP contribution in [0.15, 0.2) is 54.0 Å². The van der Waals surface area contributed by atoms with Crippen LogP contribution < -0.4 is 4.74 Å². The first-order chi connectivity index (χ1) is 17.8. The zero-order valence-electron chi connectivity index (χ0n) is 20.6. The highest BCUT2D eigenvalue weighted by Crippen LogP contribution is 2.28. The van der Waals surface area contributed by atoms with Gasteiger partial charge in [-0.2, -0.15) is 0 Å². The lowest BCUT2D eigenvalue weighted by atomic mass is 10.00.